The third-order valence-electron chi connectivity index (χ3n) is 2.12. The van der Waals surface area contributed by atoms with Crippen molar-refractivity contribution in [3.63, 3.8) is 0 Å². The van der Waals surface area contributed by atoms with Crippen LogP contribution in [0.1, 0.15) is 26.2 Å². The minimum atomic E-state index is 0.586. The van der Waals surface area contributed by atoms with Crippen LogP contribution in [0.3, 0.4) is 0 Å². The van der Waals surface area contributed by atoms with E-state index in [1.165, 1.54) is 19.3 Å². The molecule has 0 rings (SSSR count). The van der Waals surface area contributed by atoms with Gasteiger partial charge in [0.05, 0.1) is 0 Å². The van der Waals surface area contributed by atoms with Gasteiger partial charge in [-0.1, -0.05) is 25.8 Å². The van der Waals surface area contributed by atoms with Crippen LogP contribution in [0.25, 0.3) is 0 Å². The maximum atomic E-state index is 2.27. The predicted molar refractivity (Wildman–Crippen MR) is 59.8 cm³/mol. The Labute approximate surface area is 83.2 Å². The van der Waals surface area contributed by atoms with Crippen molar-refractivity contribution in [3.05, 3.63) is 12.3 Å². The van der Waals surface area contributed by atoms with E-state index in [0.717, 1.165) is 0 Å². The molecule has 0 heterocycles. The van der Waals surface area contributed by atoms with E-state index in [0.29, 0.717) is 6.04 Å². The smallest absolute Gasteiger partial charge is 0.0288 e. The van der Waals surface area contributed by atoms with Crippen LogP contribution in [0.15, 0.2) is 12.3 Å². The number of hydrogen-bond acceptors (Lipinski definition) is 2. The number of likely N-dealkylation sites (N-methyl/N-ethyl adjacent to an activating group) is 1. The second-order valence-corrected chi connectivity index (χ2v) is 3.98. The van der Waals surface area contributed by atoms with Crippen LogP contribution in [-0.4, -0.2) is 44.0 Å². The summed E-state index contributed by atoms with van der Waals surface area (Å²) in [7, 11) is 8.40. The van der Waals surface area contributed by atoms with E-state index < -0.39 is 0 Å². The first kappa shape index (κ1) is 12.5. The molecule has 2 nitrogen and oxygen atoms in total. The standard InChI is InChI=1S/C11H24N2/c1-6-7-8-11(13(4)5)9-10-12(2)3/h9-11H,6-8H2,1-5H3. The largest absolute Gasteiger partial charge is 0.384 e. The van der Waals surface area contributed by atoms with Gasteiger partial charge in [-0.15, -0.1) is 0 Å². The summed E-state index contributed by atoms with van der Waals surface area (Å²) >= 11 is 0. The van der Waals surface area contributed by atoms with Crippen molar-refractivity contribution in [1.29, 1.82) is 0 Å². The quantitative estimate of drug-likeness (QED) is 0.624. The summed E-state index contributed by atoms with van der Waals surface area (Å²) in [5.74, 6) is 0. The highest BCUT2D eigenvalue weighted by Gasteiger charge is 2.05. The topological polar surface area (TPSA) is 6.48 Å². The average Bonchev–Trinajstić information content (AvgIpc) is 2.03. The lowest BCUT2D eigenvalue weighted by Crippen LogP contribution is -2.26. The first-order valence-electron chi connectivity index (χ1n) is 5.09. The molecule has 0 aliphatic heterocycles. The molecule has 78 valence electrons. The van der Waals surface area contributed by atoms with Gasteiger partial charge in [-0.2, -0.15) is 0 Å². The fourth-order valence-electron chi connectivity index (χ4n) is 1.21. The normalized spacial score (nSPS) is 14.0. The molecule has 0 saturated carbocycles. The van der Waals surface area contributed by atoms with Gasteiger partial charge in [0.25, 0.3) is 0 Å². The second kappa shape index (κ2) is 6.96. The van der Waals surface area contributed by atoms with Crippen molar-refractivity contribution in [2.45, 2.75) is 32.2 Å². The maximum absolute atomic E-state index is 2.27. The summed E-state index contributed by atoms with van der Waals surface area (Å²) in [6.45, 7) is 2.24. The Morgan fingerprint density at radius 1 is 1.15 bits per heavy atom. The summed E-state index contributed by atoms with van der Waals surface area (Å²) in [5.41, 5.74) is 0. The lowest BCUT2D eigenvalue weighted by molar-refractivity contribution is 0.319. The monoisotopic (exact) mass is 184 g/mol. The average molecular weight is 184 g/mol. The summed E-state index contributed by atoms with van der Waals surface area (Å²) in [6, 6.07) is 0.586. The van der Waals surface area contributed by atoms with Crippen LogP contribution in [0, 0.1) is 0 Å². The van der Waals surface area contributed by atoms with Gasteiger partial charge in [0.1, 0.15) is 0 Å². The Morgan fingerprint density at radius 2 is 1.77 bits per heavy atom. The summed E-state index contributed by atoms with van der Waals surface area (Å²) in [4.78, 5) is 4.36. The van der Waals surface area contributed by atoms with E-state index in [1.54, 1.807) is 0 Å². The molecule has 0 aliphatic rings. The van der Waals surface area contributed by atoms with Crippen molar-refractivity contribution >= 4 is 0 Å². The van der Waals surface area contributed by atoms with Crippen LogP contribution in [-0.2, 0) is 0 Å². The van der Waals surface area contributed by atoms with Crippen molar-refractivity contribution in [1.82, 2.24) is 9.80 Å². The first-order valence-corrected chi connectivity index (χ1v) is 5.09. The molecule has 0 radical (unpaired) electrons. The first-order chi connectivity index (χ1) is 6.07. The summed E-state index contributed by atoms with van der Waals surface area (Å²) < 4.78 is 0. The van der Waals surface area contributed by atoms with Crippen LogP contribution in [0.4, 0.5) is 0 Å². The molecule has 0 saturated heterocycles. The Hall–Kier alpha value is -0.500. The van der Waals surface area contributed by atoms with Gasteiger partial charge in [-0.3, -0.25) is 0 Å². The van der Waals surface area contributed by atoms with E-state index in [-0.39, 0.29) is 0 Å². The molecule has 0 aromatic carbocycles. The highest BCUT2D eigenvalue weighted by atomic mass is 15.1. The molecule has 1 atom stereocenters. The highest BCUT2D eigenvalue weighted by Crippen LogP contribution is 2.07. The van der Waals surface area contributed by atoms with Crippen molar-refractivity contribution in [3.8, 4) is 0 Å². The molecule has 0 fully saturated rings. The van der Waals surface area contributed by atoms with Gasteiger partial charge in [0.15, 0.2) is 0 Å². The van der Waals surface area contributed by atoms with E-state index in [2.05, 4.69) is 57.2 Å². The molecular formula is C11H24N2. The van der Waals surface area contributed by atoms with Crippen molar-refractivity contribution < 1.29 is 0 Å². The van der Waals surface area contributed by atoms with E-state index in [4.69, 9.17) is 0 Å². The Kier molecular flexibility index (Phi) is 6.69. The Bertz CT molecular complexity index is 139. The summed E-state index contributed by atoms with van der Waals surface area (Å²) in [5, 5.41) is 0. The van der Waals surface area contributed by atoms with Crippen LogP contribution < -0.4 is 0 Å². The zero-order chi connectivity index (χ0) is 10.3. The third-order valence-corrected chi connectivity index (χ3v) is 2.12. The second-order valence-electron chi connectivity index (χ2n) is 3.98. The predicted octanol–water partition coefficient (Wildman–Crippen LogP) is 2.18. The lowest BCUT2D eigenvalue weighted by atomic mass is 10.1. The van der Waals surface area contributed by atoms with Gasteiger partial charge in [-0.05, 0) is 26.7 Å². The summed E-state index contributed by atoms with van der Waals surface area (Å²) in [6.07, 6.45) is 8.25. The maximum Gasteiger partial charge on any atom is 0.0288 e. The Balaban J connectivity index is 3.94. The van der Waals surface area contributed by atoms with E-state index >= 15 is 0 Å². The molecule has 0 aromatic rings. The molecule has 0 bridgehead atoms. The van der Waals surface area contributed by atoms with Crippen LogP contribution >= 0.6 is 0 Å². The molecule has 2 heteroatoms. The van der Waals surface area contributed by atoms with Crippen molar-refractivity contribution in [2.24, 2.45) is 0 Å². The molecule has 13 heavy (non-hydrogen) atoms. The molecule has 0 amide bonds. The third kappa shape index (κ3) is 6.64. The van der Waals surface area contributed by atoms with Gasteiger partial charge in [0, 0.05) is 20.1 Å². The fraction of sp³-hybridized carbons (Fsp3) is 0.818. The molecule has 0 spiro atoms. The Morgan fingerprint density at radius 3 is 2.15 bits per heavy atom. The van der Waals surface area contributed by atoms with E-state index in [1.807, 2.05) is 0 Å². The van der Waals surface area contributed by atoms with Crippen LogP contribution in [0.5, 0.6) is 0 Å². The molecule has 0 aliphatic carbocycles. The number of hydrogen-bond donors (Lipinski definition) is 0. The van der Waals surface area contributed by atoms with Gasteiger partial charge in [0.2, 0.25) is 0 Å². The molecule has 0 aromatic heterocycles. The molecular weight excluding hydrogens is 160 g/mol. The zero-order valence-corrected chi connectivity index (χ0v) is 9.75. The fourth-order valence-corrected chi connectivity index (χ4v) is 1.21. The van der Waals surface area contributed by atoms with Gasteiger partial charge in [-0.25, -0.2) is 0 Å². The number of nitrogens with zero attached hydrogens (tertiary/aromatic N) is 2. The zero-order valence-electron chi connectivity index (χ0n) is 9.75. The number of rotatable bonds is 6. The minimum Gasteiger partial charge on any atom is -0.384 e. The van der Waals surface area contributed by atoms with Gasteiger partial charge < -0.3 is 9.80 Å². The SMILES string of the molecule is CCCCC(C=CN(C)C)N(C)C. The van der Waals surface area contributed by atoms with Gasteiger partial charge >= 0.3 is 0 Å². The van der Waals surface area contributed by atoms with Crippen molar-refractivity contribution in [2.75, 3.05) is 28.2 Å². The molecule has 0 N–H and O–H groups in total. The lowest BCUT2D eigenvalue weighted by Gasteiger charge is -2.21. The number of unbranched alkanes of at least 4 members (excludes halogenated alkanes) is 1. The van der Waals surface area contributed by atoms with Crippen LogP contribution in [0.2, 0.25) is 0 Å². The molecule has 1 unspecified atom stereocenters. The highest BCUT2D eigenvalue weighted by molar-refractivity contribution is 4.91. The minimum absolute atomic E-state index is 0.586. The van der Waals surface area contributed by atoms with E-state index in [9.17, 15) is 0 Å².